The van der Waals surface area contributed by atoms with Gasteiger partial charge in [0.25, 0.3) is 5.91 Å². The molecular weight excluding hydrogens is 346 g/mol. The third-order valence-electron chi connectivity index (χ3n) is 5.80. The van der Waals surface area contributed by atoms with E-state index in [9.17, 15) is 4.79 Å². The highest BCUT2D eigenvalue weighted by atomic mass is 32.1. The highest BCUT2D eigenvalue weighted by Crippen LogP contribution is 2.34. The molecule has 1 N–H and O–H groups in total. The Morgan fingerprint density at radius 2 is 2.12 bits per heavy atom. The molecule has 26 heavy (non-hydrogen) atoms. The maximum Gasteiger partial charge on any atom is 0.280 e. The molecule has 138 valence electrons. The van der Waals surface area contributed by atoms with Crippen LogP contribution in [0, 0.1) is 12.8 Å². The highest BCUT2D eigenvalue weighted by molar-refractivity contribution is 7.17. The van der Waals surface area contributed by atoms with Crippen LogP contribution in [0.5, 0.6) is 5.75 Å². The summed E-state index contributed by atoms with van der Waals surface area (Å²) in [6, 6.07) is 8.53. The Hall–Kier alpha value is -1.92. The van der Waals surface area contributed by atoms with Crippen LogP contribution in [0.3, 0.4) is 0 Å². The van der Waals surface area contributed by atoms with E-state index in [0.717, 1.165) is 35.0 Å². The first kappa shape index (κ1) is 17.5. The minimum Gasteiger partial charge on any atom is -0.497 e. The number of fused-ring (bicyclic) bond motifs is 3. The van der Waals surface area contributed by atoms with E-state index in [2.05, 4.69) is 22.1 Å². The predicted molar refractivity (Wildman–Crippen MR) is 104 cm³/mol. The van der Waals surface area contributed by atoms with Crippen molar-refractivity contribution in [2.24, 2.45) is 5.92 Å². The van der Waals surface area contributed by atoms with Gasteiger partial charge in [-0.15, -0.1) is 11.3 Å². The quantitative estimate of drug-likeness (QED) is 0.896. The molecule has 3 aliphatic rings. The van der Waals surface area contributed by atoms with Crippen molar-refractivity contribution in [1.82, 2.24) is 15.2 Å². The molecule has 2 unspecified atom stereocenters. The molecule has 2 atom stereocenters. The van der Waals surface area contributed by atoms with Gasteiger partial charge in [-0.25, -0.2) is 4.98 Å². The Bertz CT molecular complexity index is 809. The second-order valence-corrected chi connectivity index (χ2v) is 8.28. The number of piperidine rings is 3. The Balaban J connectivity index is 1.54. The fourth-order valence-corrected chi connectivity index (χ4v) is 5.25. The average molecular weight is 372 g/mol. The van der Waals surface area contributed by atoms with Crippen molar-refractivity contribution in [3.8, 4) is 16.2 Å². The molecule has 1 aromatic carbocycles. The third kappa shape index (κ3) is 3.12. The fourth-order valence-electron chi connectivity index (χ4n) is 4.28. The molecule has 2 bridgehead atoms. The molecule has 0 radical (unpaired) electrons. The lowest BCUT2D eigenvalue weighted by atomic mass is 9.79. The van der Waals surface area contributed by atoms with E-state index < -0.39 is 0 Å². The molecule has 3 aliphatic heterocycles. The number of hydrogen-bond donors (Lipinski definition) is 1. The summed E-state index contributed by atoms with van der Waals surface area (Å²) >= 11 is 1.46. The minimum absolute atomic E-state index is 0.0437. The summed E-state index contributed by atoms with van der Waals surface area (Å²) in [7, 11) is 1.66. The Morgan fingerprint density at radius 1 is 1.35 bits per heavy atom. The largest absolute Gasteiger partial charge is 0.497 e. The van der Waals surface area contributed by atoms with Crippen molar-refractivity contribution in [2.45, 2.75) is 38.8 Å². The molecule has 0 aliphatic carbocycles. The maximum absolute atomic E-state index is 12.8. The zero-order valence-corrected chi connectivity index (χ0v) is 16.3. The average Bonchev–Trinajstić information content (AvgIpc) is 3.07. The second-order valence-electron chi connectivity index (χ2n) is 7.28. The van der Waals surface area contributed by atoms with Gasteiger partial charge in [0, 0.05) is 12.1 Å². The van der Waals surface area contributed by atoms with Crippen molar-refractivity contribution >= 4 is 17.2 Å². The number of aryl methyl sites for hydroxylation is 1. The molecule has 2 aromatic rings. The van der Waals surface area contributed by atoms with Gasteiger partial charge in [-0.3, -0.25) is 9.69 Å². The van der Waals surface area contributed by atoms with Crippen molar-refractivity contribution in [2.75, 3.05) is 20.2 Å². The number of carbonyl (C=O) groups is 1. The smallest absolute Gasteiger partial charge is 0.280 e. The van der Waals surface area contributed by atoms with Crippen molar-refractivity contribution in [1.29, 1.82) is 0 Å². The number of hydrogen-bond acceptors (Lipinski definition) is 5. The molecule has 1 aromatic heterocycles. The number of aromatic nitrogens is 1. The van der Waals surface area contributed by atoms with Crippen LogP contribution in [0.1, 0.15) is 35.3 Å². The van der Waals surface area contributed by atoms with E-state index in [1.807, 2.05) is 31.2 Å². The summed E-state index contributed by atoms with van der Waals surface area (Å²) in [6.45, 7) is 6.51. The molecule has 6 heteroatoms. The summed E-state index contributed by atoms with van der Waals surface area (Å²) in [5, 5.41) is 3.82. The van der Waals surface area contributed by atoms with Gasteiger partial charge >= 0.3 is 0 Å². The lowest BCUT2D eigenvalue weighted by Crippen LogP contribution is -2.62. The topological polar surface area (TPSA) is 54.5 Å². The summed E-state index contributed by atoms with van der Waals surface area (Å²) in [5.74, 6) is 1.36. The monoisotopic (exact) mass is 371 g/mol. The van der Waals surface area contributed by atoms with Crippen LogP contribution in [-0.2, 0) is 0 Å². The van der Waals surface area contributed by atoms with Crippen LogP contribution >= 0.6 is 11.3 Å². The van der Waals surface area contributed by atoms with Crippen molar-refractivity contribution in [3.63, 3.8) is 0 Å². The van der Waals surface area contributed by atoms with Crippen molar-refractivity contribution < 1.29 is 9.53 Å². The van der Waals surface area contributed by atoms with E-state index in [1.54, 1.807) is 7.11 Å². The minimum atomic E-state index is -0.0437. The second kappa shape index (κ2) is 7.00. The molecule has 3 saturated heterocycles. The van der Waals surface area contributed by atoms with E-state index in [4.69, 9.17) is 4.74 Å². The van der Waals surface area contributed by atoms with Gasteiger partial charge in [0.05, 0.1) is 17.7 Å². The fraction of sp³-hybridized carbons (Fsp3) is 0.500. The Kier molecular flexibility index (Phi) is 4.71. The summed E-state index contributed by atoms with van der Waals surface area (Å²) in [5.41, 5.74) is 1.92. The van der Waals surface area contributed by atoms with Gasteiger partial charge in [-0.05, 0) is 63.4 Å². The number of rotatable bonds is 4. The van der Waals surface area contributed by atoms with Gasteiger partial charge in [-0.2, -0.15) is 0 Å². The van der Waals surface area contributed by atoms with E-state index in [1.165, 1.54) is 24.2 Å². The number of methoxy groups -OCH3 is 1. The van der Waals surface area contributed by atoms with Crippen LogP contribution in [-0.4, -0.2) is 48.1 Å². The van der Waals surface area contributed by atoms with Crippen LogP contribution in [0.2, 0.25) is 0 Å². The van der Waals surface area contributed by atoms with E-state index in [-0.39, 0.29) is 11.9 Å². The first-order valence-electron chi connectivity index (χ1n) is 9.23. The first-order valence-corrected chi connectivity index (χ1v) is 10.0. The summed E-state index contributed by atoms with van der Waals surface area (Å²) in [4.78, 5) is 20.9. The highest BCUT2D eigenvalue weighted by Gasteiger charge is 2.40. The molecule has 4 heterocycles. The normalized spacial score (nSPS) is 27.3. The number of thiazole rings is 1. The predicted octanol–water partition coefficient (Wildman–Crippen LogP) is 3.34. The standard InChI is InChI=1S/C20H25N3O2S/c1-12-18(15-5-4-6-16(11-15)25-3)26-20(21-12)19(24)22-17-13(2)23-9-7-14(17)8-10-23/h4-6,11,13-14,17H,7-10H2,1-3H3,(H,22,24). The summed E-state index contributed by atoms with van der Waals surface area (Å²) in [6.07, 6.45) is 2.36. The number of carbonyl (C=O) groups excluding carboxylic acids is 1. The molecule has 0 spiro atoms. The molecule has 3 fully saturated rings. The lowest BCUT2D eigenvalue weighted by Gasteiger charge is -2.49. The zero-order chi connectivity index (χ0) is 18.3. The van der Waals surface area contributed by atoms with Crippen LogP contribution in [0.4, 0.5) is 0 Å². The molecule has 5 nitrogen and oxygen atoms in total. The molecule has 1 amide bonds. The van der Waals surface area contributed by atoms with Crippen LogP contribution < -0.4 is 10.1 Å². The molecule has 0 saturated carbocycles. The van der Waals surface area contributed by atoms with E-state index >= 15 is 0 Å². The van der Waals surface area contributed by atoms with Gasteiger partial charge in [0.2, 0.25) is 0 Å². The Morgan fingerprint density at radius 3 is 2.81 bits per heavy atom. The van der Waals surface area contributed by atoms with Crippen molar-refractivity contribution in [3.05, 3.63) is 35.0 Å². The Labute approximate surface area is 158 Å². The number of nitrogens with one attached hydrogen (secondary N) is 1. The first-order chi connectivity index (χ1) is 12.6. The number of nitrogens with zero attached hydrogens (tertiary/aromatic N) is 2. The molecule has 5 rings (SSSR count). The summed E-state index contributed by atoms with van der Waals surface area (Å²) < 4.78 is 5.31. The zero-order valence-electron chi connectivity index (χ0n) is 15.5. The number of ether oxygens (including phenoxy) is 1. The van der Waals surface area contributed by atoms with Gasteiger partial charge in [0.1, 0.15) is 5.75 Å². The van der Waals surface area contributed by atoms with Crippen LogP contribution in [0.25, 0.3) is 10.4 Å². The maximum atomic E-state index is 12.8. The van der Waals surface area contributed by atoms with E-state index in [0.29, 0.717) is 17.0 Å². The third-order valence-corrected chi connectivity index (χ3v) is 7.00. The van der Waals surface area contributed by atoms with Gasteiger partial charge < -0.3 is 10.1 Å². The number of benzene rings is 1. The van der Waals surface area contributed by atoms with Crippen LogP contribution in [0.15, 0.2) is 24.3 Å². The molecular formula is C20H25N3O2S. The number of amides is 1. The lowest BCUT2D eigenvalue weighted by molar-refractivity contribution is 0.0217. The SMILES string of the molecule is COc1cccc(-c2sc(C(=O)NC3C4CCN(CC4)C3C)nc2C)c1. The van der Waals surface area contributed by atoms with Gasteiger partial charge in [0.15, 0.2) is 5.01 Å². The van der Waals surface area contributed by atoms with Gasteiger partial charge in [-0.1, -0.05) is 12.1 Å².